The Bertz CT molecular complexity index is 494. The number of rotatable bonds is 3. The molecular weight excluding hydrogens is 230 g/mol. The third kappa shape index (κ3) is 2.88. The molecule has 0 saturated carbocycles. The molecule has 0 unspecified atom stereocenters. The molecule has 0 aromatic heterocycles. The second kappa shape index (κ2) is 5.35. The SMILES string of the molecule is CC1=C(C(=O)NCc2ccccc2)CNC(=O)N1. The van der Waals surface area contributed by atoms with Gasteiger partial charge in [-0.15, -0.1) is 0 Å². The molecule has 0 aliphatic carbocycles. The lowest BCUT2D eigenvalue weighted by molar-refractivity contribution is -0.117. The van der Waals surface area contributed by atoms with E-state index in [4.69, 9.17) is 0 Å². The van der Waals surface area contributed by atoms with Gasteiger partial charge in [-0.05, 0) is 12.5 Å². The van der Waals surface area contributed by atoms with E-state index in [2.05, 4.69) is 16.0 Å². The van der Waals surface area contributed by atoms with Crippen LogP contribution in [-0.2, 0) is 11.3 Å². The molecule has 0 atom stereocenters. The van der Waals surface area contributed by atoms with Gasteiger partial charge >= 0.3 is 6.03 Å². The van der Waals surface area contributed by atoms with Gasteiger partial charge in [-0.2, -0.15) is 0 Å². The van der Waals surface area contributed by atoms with Crippen LogP contribution in [0.25, 0.3) is 0 Å². The third-order valence-electron chi connectivity index (χ3n) is 2.75. The molecule has 1 aromatic rings. The molecule has 0 fully saturated rings. The van der Waals surface area contributed by atoms with Crippen molar-refractivity contribution in [3.05, 3.63) is 47.2 Å². The zero-order valence-corrected chi connectivity index (χ0v) is 10.1. The normalized spacial score (nSPS) is 14.8. The maximum absolute atomic E-state index is 11.9. The number of allylic oxidation sites excluding steroid dienone is 1. The molecule has 1 aromatic carbocycles. The largest absolute Gasteiger partial charge is 0.348 e. The van der Waals surface area contributed by atoms with Crippen molar-refractivity contribution in [1.82, 2.24) is 16.0 Å². The average Bonchev–Trinajstić information content (AvgIpc) is 2.37. The maximum Gasteiger partial charge on any atom is 0.319 e. The predicted molar refractivity (Wildman–Crippen MR) is 67.5 cm³/mol. The summed E-state index contributed by atoms with van der Waals surface area (Å²) in [6.45, 7) is 2.46. The summed E-state index contributed by atoms with van der Waals surface area (Å²) in [5.41, 5.74) is 2.20. The van der Waals surface area contributed by atoms with Gasteiger partial charge in [0.1, 0.15) is 0 Å². The van der Waals surface area contributed by atoms with E-state index in [1.165, 1.54) is 0 Å². The van der Waals surface area contributed by atoms with Crippen LogP contribution in [-0.4, -0.2) is 18.5 Å². The zero-order valence-electron chi connectivity index (χ0n) is 10.1. The number of amides is 3. The molecule has 0 spiro atoms. The molecule has 5 nitrogen and oxygen atoms in total. The Kier molecular flexibility index (Phi) is 3.62. The van der Waals surface area contributed by atoms with Gasteiger partial charge in [-0.1, -0.05) is 30.3 Å². The molecule has 0 bridgehead atoms. The molecule has 5 heteroatoms. The minimum absolute atomic E-state index is 0.163. The summed E-state index contributed by atoms with van der Waals surface area (Å²) < 4.78 is 0. The van der Waals surface area contributed by atoms with Crippen LogP contribution in [0.2, 0.25) is 0 Å². The lowest BCUT2D eigenvalue weighted by atomic mass is 10.1. The van der Waals surface area contributed by atoms with Crippen molar-refractivity contribution in [2.75, 3.05) is 6.54 Å². The predicted octanol–water partition coefficient (Wildman–Crippen LogP) is 0.890. The molecule has 1 aliphatic heterocycles. The van der Waals surface area contributed by atoms with E-state index in [1.807, 2.05) is 30.3 Å². The summed E-state index contributed by atoms with van der Waals surface area (Å²) in [5.74, 6) is -0.163. The van der Waals surface area contributed by atoms with Gasteiger partial charge in [0.2, 0.25) is 0 Å². The maximum atomic E-state index is 11.9. The van der Waals surface area contributed by atoms with Gasteiger partial charge in [-0.3, -0.25) is 4.79 Å². The van der Waals surface area contributed by atoms with Gasteiger partial charge in [0.05, 0.1) is 12.1 Å². The van der Waals surface area contributed by atoms with Crippen LogP contribution in [0.5, 0.6) is 0 Å². The molecule has 0 radical (unpaired) electrons. The van der Waals surface area contributed by atoms with Crippen LogP contribution in [0, 0.1) is 0 Å². The first-order chi connectivity index (χ1) is 8.66. The molecule has 2 rings (SSSR count). The highest BCUT2D eigenvalue weighted by Crippen LogP contribution is 2.05. The molecule has 1 heterocycles. The van der Waals surface area contributed by atoms with Gasteiger partial charge in [0, 0.05) is 12.2 Å². The summed E-state index contributed by atoms with van der Waals surface area (Å²) >= 11 is 0. The molecule has 94 valence electrons. The molecule has 18 heavy (non-hydrogen) atoms. The number of hydrogen-bond acceptors (Lipinski definition) is 2. The lowest BCUT2D eigenvalue weighted by Crippen LogP contribution is -2.44. The highest BCUT2D eigenvalue weighted by molar-refractivity contribution is 5.97. The lowest BCUT2D eigenvalue weighted by Gasteiger charge is -2.19. The van der Waals surface area contributed by atoms with E-state index in [9.17, 15) is 9.59 Å². The van der Waals surface area contributed by atoms with Crippen molar-refractivity contribution in [1.29, 1.82) is 0 Å². The Hall–Kier alpha value is -2.30. The molecule has 0 saturated heterocycles. The highest BCUT2D eigenvalue weighted by atomic mass is 16.2. The summed E-state index contributed by atoms with van der Waals surface area (Å²) in [4.78, 5) is 23.0. The molecule has 1 aliphatic rings. The smallest absolute Gasteiger partial charge is 0.319 e. The van der Waals surface area contributed by atoms with Crippen molar-refractivity contribution in [3.63, 3.8) is 0 Å². The first-order valence-corrected chi connectivity index (χ1v) is 5.73. The van der Waals surface area contributed by atoms with E-state index in [1.54, 1.807) is 6.92 Å². The fourth-order valence-electron chi connectivity index (χ4n) is 1.73. The fraction of sp³-hybridized carbons (Fsp3) is 0.231. The van der Waals surface area contributed by atoms with Crippen LogP contribution >= 0.6 is 0 Å². The van der Waals surface area contributed by atoms with Crippen molar-refractivity contribution in [2.45, 2.75) is 13.5 Å². The Labute approximate surface area is 105 Å². The molecule has 3 amide bonds. The highest BCUT2D eigenvalue weighted by Gasteiger charge is 2.19. The number of carbonyl (C=O) groups excluding carboxylic acids is 2. The molecule has 3 N–H and O–H groups in total. The van der Waals surface area contributed by atoms with Crippen molar-refractivity contribution >= 4 is 11.9 Å². The number of urea groups is 1. The average molecular weight is 245 g/mol. The fourth-order valence-corrected chi connectivity index (χ4v) is 1.73. The first kappa shape index (κ1) is 12.2. The Morgan fingerprint density at radius 3 is 2.72 bits per heavy atom. The number of carbonyl (C=O) groups is 2. The van der Waals surface area contributed by atoms with Crippen LogP contribution in [0.4, 0.5) is 4.79 Å². The standard InChI is InChI=1S/C13H15N3O2/c1-9-11(8-15-13(18)16-9)12(17)14-7-10-5-3-2-4-6-10/h2-6H,7-8H2,1H3,(H,14,17)(H2,15,16,18). The second-order valence-electron chi connectivity index (χ2n) is 4.08. The topological polar surface area (TPSA) is 70.2 Å². The van der Waals surface area contributed by atoms with Gasteiger partial charge in [0.15, 0.2) is 0 Å². The van der Waals surface area contributed by atoms with Gasteiger partial charge in [-0.25, -0.2) is 4.79 Å². The monoisotopic (exact) mass is 245 g/mol. The van der Waals surface area contributed by atoms with Gasteiger partial charge < -0.3 is 16.0 Å². The Balaban J connectivity index is 1.96. The van der Waals surface area contributed by atoms with Crippen molar-refractivity contribution < 1.29 is 9.59 Å². The number of benzene rings is 1. The quantitative estimate of drug-likeness (QED) is 0.740. The number of hydrogen-bond donors (Lipinski definition) is 3. The first-order valence-electron chi connectivity index (χ1n) is 5.73. The van der Waals surface area contributed by atoms with E-state index in [0.29, 0.717) is 17.8 Å². The van der Waals surface area contributed by atoms with Crippen LogP contribution in [0.3, 0.4) is 0 Å². The minimum atomic E-state index is -0.271. The molecular formula is C13H15N3O2. The van der Waals surface area contributed by atoms with E-state index >= 15 is 0 Å². The zero-order chi connectivity index (χ0) is 13.0. The third-order valence-corrected chi connectivity index (χ3v) is 2.75. The summed E-state index contributed by atoms with van der Waals surface area (Å²) in [6, 6.07) is 9.40. The Morgan fingerprint density at radius 2 is 2.06 bits per heavy atom. The van der Waals surface area contributed by atoms with Crippen molar-refractivity contribution in [2.24, 2.45) is 0 Å². The second-order valence-corrected chi connectivity index (χ2v) is 4.08. The van der Waals surface area contributed by atoms with Crippen LogP contribution in [0.15, 0.2) is 41.6 Å². The van der Waals surface area contributed by atoms with Crippen LogP contribution in [0.1, 0.15) is 12.5 Å². The summed E-state index contributed by atoms with van der Waals surface area (Å²) in [6.07, 6.45) is 0. The summed E-state index contributed by atoms with van der Waals surface area (Å²) in [5, 5.41) is 7.98. The number of nitrogens with one attached hydrogen (secondary N) is 3. The van der Waals surface area contributed by atoms with Crippen molar-refractivity contribution in [3.8, 4) is 0 Å². The van der Waals surface area contributed by atoms with E-state index in [0.717, 1.165) is 5.56 Å². The van der Waals surface area contributed by atoms with E-state index < -0.39 is 0 Å². The van der Waals surface area contributed by atoms with Crippen LogP contribution < -0.4 is 16.0 Å². The van der Waals surface area contributed by atoms with E-state index in [-0.39, 0.29) is 18.5 Å². The Morgan fingerprint density at radius 1 is 1.33 bits per heavy atom. The minimum Gasteiger partial charge on any atom is -0.348 e. The van der Waals surface area contributed by atoms with Gasteiger partial charge in [0.25, 0.3) is 5.91 Å². The summed E-state index contributed by atoms with van der Waals surface area (Å²) in [7, 11) is 0.